The van der Waals surface area contributed by atoms with Crippen molar-refractivity contribution >= 4 is 10.0 Å². The van der Waals surface area contributed by atoms with E-state index in [9.17, 15) is 8.42 Å². The molecule has 0 aromatic rings. The zero-order valence-corrected chi connectivity index (χ0v) is 6.96. The standard InChI is InChI=1S/CH4NO2S.Y/c1-5(2,3)4;/h1H3,(H-,2,3,4);/q-1;. The Labute approximate surface area is 62.2 Å². The minimum absolute atomic E-state index is 0. The van der Waals surface area contributed by atoms with E-state index in [1.54, 1.807) is 0 Å². The number of hydrogen-bond acceptors (Lipinski definition) is 2. The molecule has 0 unspecified atom stereocenters. The van der Waals surface area contributed by atoms with Crippen molar-refractivity contribution in [3.05, 3.63) is 5.14 Å². The first-order valence-electron chi connectivity index (χ1n) is 0.946. The van der Waals surface area contributed by atoms with Crippen molar-refractivity contribution in [2.24, 2.45) is 0 Å². The first-order valence-corrected chi connectivity index (χ1v) is 2.84. The molecule has 0 atom stereocenters. The topological polar surface area (TPSA) is 57.9 Å². The summed E-state index contributed by atoms with van der Waals surface area (Å²) in [5.74, 6) is 0. The summed E-state index contributed by atoms with van der Waals surface area (Å²) in [6.07, 6.45) is 0.826. The Hall–Kier alpha value is 1.01. The van der Waals surface area contributed by atoms with Crippen LogP contribution in [0.5, 0.6) is 0 Å². The Morgan fingerprint density at radius 1 is 1.50 bits per heavy atom. The van der Waals surface area contributed by atoms with Gasteiger partial charge in [0.2, 0.25) is 0 Å². The third-order valence-electron chi connectivity index (χ3n) is 0. The van der Waals surface area contributed by atoms with Gasteiger partial charge in [-0.2, -0.15) is 0 Å². The summed E-state index contributed by atoms with van der Waals surface area (Å²) in [6.45, 7) is 0. The SMILES string of the molecule is CS([NH-])(=O)=O.[Y]. The van der Waals surface area contributed by atoms with Gasteiger partial charge >= 0.3 is 0 Å². The van der Waals surface area contributed by atoms with Gasteiger partial charge in [0, 0.05) is 39.0 Å². The first-order chi connectivity index (χ1) is 2.00. The first kappa shape index (κ1) is 10.1. The third-order valence-corrected chi connectivity index (χ3v) is 0. The molecule has 0 aliphatic rings. The van der Waals surface area contributed by atoms with Gasteiger partial charge in [-0.25, -0.2) is 8.42 Å². The van der Waals surface area contributed by atoms with Crippen LogP contribution in [0.15, 0.2) is 0 Å². The monoisotopic (exact) mass is 183 g/mol. The molecule has 35 valence electrons. The average molecular weight is 183 g/mol. The van der Waals surface area contributed by atoms with Crippen LogP contribution >= 0.6 is 0 Å². The molecule has 6 heavy (non-hydrogen) atoms. The largest absolute Gasteiger partial charge is 0.564 e. The van der Waals surface area contributed by atoms with Gasteiger partial charge in [0.25, 0.3) is 0 Å². The maximum atomic E-state index is 9.30. The van der Waals surface area contributed by atoms with E-state index < -0.39 is 10.0 Å². The van der Waals surface area contributed by atoms with Crippen LogP contribution in [0.2, 0.25) is 0 Å². The molecular weight excluding hydrogens is 179 g/mol. The van der Waals surface area contributed by atoms with Crippen LogP contribution in [0, 0.1) is 0 Å². The van der Waals surface area contributed by atoms with E-state index in [2.05, 4.69) is 0 Å². The van der Waals surface area contributed by atoms with E-state index in [1.807, 2.05) is 0 Å². The Bertz CT molecular complexity index is 96.7. The van der Waals surface area contributed by atoms with Gasteiger partial charge in [-0.1, -0.05) is 0 Å². The van der Waals surface area contributed by atoms with Crippen LogP contribution in [0.1, 0.15) is 0 Å². The average Bonchev–Trinajstić information content (AvgIpc) is 0.722. The molecule has 0 heterocycles. The second-order valence-corrected chi connectivity index (χ2v) is 2.32. The number of sulfonamides is 1. The van der Waals surface area contributed by atoms with E-state index in [0.29, 0.717) is 0 Å². The van der Waals surface area contributed by atoms with Crippen molar-refractivity contribution in [2.45, 2.75) is 0 Å². The molecule has 0 aliphatic carbocycles. The minimum Gasteiger partial charge on any atom is -0.564 e. The van der Waals surface area contributed by atoms with Crippen molar-refractivity contribution in [1.29, 1.82) is 0 Å². The summed E-state index contributed by atoms with van der Waals surface area (Å²) in [6, 6.07) is 0. The maximum Gasteiger partial charge on any atom is 0.0670 e. The van der Waals surface area contributed by atoms with Gasteiger partial charge in [0.15, 0.2) is 0 Å². The maximum absolute atomic E-state index is 9.30. The number of nitrogens with one attached hydrogen (secondary N) is 1. The van der Waals surface area contributed by atoms with Crippen LogP contribution in [0.4, 0.5) is 0 Å². The molecule has 0 aromatic heterocycles. The van der Waals surface area contributed by atoms with E-state index in [0.717, 1.165) is 6.26 Å². The molecule has 0 saturated heterocycles. The molecule has 0 saturated carbocycles. The molecular formula is CH4NO2SY-. The zero-order valence-electron chi connectivity index (χ0n) is 3.30. The second-order valence-electron chi connectivity index (χ2n) is 0.772. The fourth-order valence-corrected chi connectivity index (χ4v) is 0. The normalized spacial score (nSPS) is 9.67. The van der Waals surface area contributed by atoms with Crippen molar-refractivity contribution in [3.8, 4) is 0 Å². The molecule has 5 heteroatoms. The molecule has 3 nitrogen and oxygen atoms in total. The Balaban J connectivity index is 0. The summed E-state index contributed by atoms with van der Waals surface area (Å²) >= 11 is 0. The summed E-state index contributed by atoms with van der Waals surface area (Å²) in [7, 11) is -3.42. The fourth-order valence-electron chi connectivity index (χ4n) is 0. The fraction of sp³-hybridized carbons (Fsp3) is 1.00. The molecule has 0 aromatic carbocycles. The van der Waals surface area contributed by atoms with Crippen molar-refractivity contribution in [1.82, 2.24) is 0 Å². The molecule has 0 amide bonds. The predicted molar refractivity (Wildman–Crippen MR) is 19.2 cm³/mol. The Kier molecular flexibility index (Phi) is 5.17. The Morgan fingerprint density at radius 2 is 1.50 bits per heavy atom. The summed E-state index contributed by atoms with van der Waals surface area (Å²) in [5, 5.41) is 5.91. The molecule has 1 radical (unpaired) electrons. The van der Waals surface area contributed by atoms with Crippen LogP contribution in [0.25, 0.3) is 5.14 Å². The van der Waals surface area contributed by atoms with Crippen LogP contribution < -0.4 is 0 Å². The summed E-state index contributed by atoms with van der Waals surface area (Å²) < 4.78 is 18.6. The predicted octanol–water partition coefficient (Wildman–Crippen LogP) is -0.00430. The Morgan fingerprint density at radius 3 is 1.50 bits per heavy atom. The van der Waals surface area contributed by atoms with Crippen LogP contribution in [-0.4, -0.2) is 14.7 Å². The van der Waals surface area contributed by atoms with Crippen LogP contribution in [0.3, 0.4) is 0 Å². The molecule has 0 aliphatic heterocycles. The van der Waals surface area contributed by atoms with Crippen molar-refractivity contribution in [3.63, 3.8) is 0 Å². The van der Waals surface area contributed by atoms with Gasteiger partial charge in [0.05, 0.1) is 10.0 Å². The van der Waals surface area contributed by atoms with E-state index in [4.69, 9.17) is 5.14 Å². The van der Waals surface area contributed by atoms with Crippen LogP contribution in [-0.2, 0) is 42.7 Å². The molecule has 1 N–H and O–H groups in total. The zero-order chi connectivity index (χ0) is 4.50. The smallest absolute Gasteiger partial charge is 0.0670 e. The number of rotatable bonds is 0. The summed E-state index contributed by atoms with van der Waals surface area (Å²) in [5.41, 5.74) is 0. The second kappa shape index (κ2) is 3.07. The van der Waals surface area contributed by atoms with Gasteiger partial charge in [-0.05, 0) is 0 Å². The molecule has 0 fully saturated rings. The van der Waals surface area contributed by atoms with Crippen molar-refractivity contribution in [2.75, 3.05) is 6.26 Å². The quantitative estimate of drug-likeness (QED) is 0.530. The minimum atomic E-state index is -3.42. The molecule has 0 spiro atoms. The summed E-state index contributed by atoms with van der Waals surface area (Å²) in [4.78, 5) is 0. The van der Waals surface area contributed by atoms with Crippen molar-refractivity contribution < 1.29 is 41.1 Å². The van der Waals surface area contributed by atoms with Gasteiger partial charge in [0.1, 0.15) is 0 Å². The van der Waals surface area contributed by atoms with E-state index in [-0.39, 0.29) is 32.7 Å². The molecule has 0 rings (SSSR count). The third kappa shape index (κ3) is 78.6. The van der Waals surface area contributed by atoms with Gasteiger partial charge in [-0.3, -0.25) is 0 Å². The van der Waals surface area contributed by atoms with Gasteiger partial charge < -0.3 is 5.14 Å². The van der Waals surface area contributed by atoms with E-state index in [1.165, 1.54) is 0 Å². The van der Waals surface area contributed by atoms with Gasteiger partial charge in [-0.15, -0.1) is 0 Å². The van der Waals surface area contributed by atoms with E-state index >= 15 is 0 Å². The number of hydrogen-bond donors (Lipinski definition) is 0. The molecule has 0 bridgehead atoms.